The number of amides is 1. The van der Waals surface area contributed by atoms with E-state index in [0.29, 0.717) is 0 Å². The molecule has 92 valence electrons. The van der Waals surface area contributed by atoms with Crippen LogP contribution >= 0.6 is 0 Å². The number of rotatable bonds is 4. The fourth-order valence-electron chi connectivity index (χ4n) is 0.748. The zero-order valence-corrected chi connectivity index (χ0v) is 9.47. The van der Waals surface area contributed by atoms with Crippen LogP contribution in [-0.4, -0.2) is 54.6 Å². The molecule has 7 nitrogen and oxygen atoms in total. The van der Waals surface area contributed by atoms with Gasteiger partial charge in [0, 0.05) is 0 Å². The SMILES string of the molecule is C=CC(N)=O.C[N+](C)(C)C(C(=O)[O-])C(=O)O. The second kappa shape index (κ2) is 6.57. The predicted molar refractivity (Wildman–Crippen MR) is 53.9 cm³/mol. The second-order valence-electron chi connectivity index (χ2n) is 3.78. The third-order valence-electron chi connectivity index (χ3n) is 1.43. The Morgan fingerprint density at radius 1 is 1.38 bits per heavy atom. The van der Waals surface area contributed by atoms with E-state index in [2.05, 4.69) is 12.3 Å². The molecular weight excluding hydrogens is 216 g/mol. The Balaban J connectivity index is 0. The molecule has 0 heterocycles. The summed E-state index contributed by atoms with van der Waals surface area (Å²) in [4.78, 5) is 30.1. The van der Waals surface area contributed by atoms with Gasteiger partial charge in [-0.25, -0.2) is 4.79 Å². The zero-order valence-electron chi connectivity index (χ0n) is 9.47. The number of primary amides is 1. The number of carbonyl (C=O) groups is 3. The summed E-state index contributed by atoms with van der Waals surface area (Å²) >= 11 is 0. The largest absolute Gasteiger partial charge is 0.543 e. The number of hydrogen-bond donors (Lipinski definition) is 2. The third-order valence-corrected chi connectivity index (χ3v) is 1.43. The smallest absolute Gasteiger partial charge is 0.368 e. The molecule has 0 spiro atoms. The van der Waals surface area contributed by atoms with Crippen LogP contribution < -0.4 is 10.8 Å². The molecule has 0 aliphatic heterocycles. The molecule has 1 atom stereocenters. The van der Waals surface area contributed by atoms with Gasteiger partial charge in [0.15, 0.2) is 0 Å². The van der Waals surface area contributed by atoms with Gasteiger partial charge in [-0.3, -0.25) is 4.79 Å². The number of carboxylic acids is 2. The van der Waals surface area contributed by atoms with Gasteiger partial charge in [0.05, 0.1) is 21.1 Å². The van der Waals surface area contributed by atoms with E-state index in [9.17, 15) is 19.5 Å². The molecule has 16 heavy (non-hydrogen) atoms. The monoisotopic (exact) mass is 232 g/mol. The van der Waals surface area contributed by atoms with E-state index >= 15 is 0 Å². The number of likely N-dealkylation sites (N-methyl/N-ethyl adjacent to an activating group) is 1. The van der Waals surface area contributed by atoms with Crippen LogP contribution in [0.15, 0.2) is 12.7 Å². The van der Waals surface area contributed by atoms with Crippen molar-refractivity contribution in [2.45, 2.75) is 6.04 Å². The van der Waals surface area contributed by atoms with Crippen LogP contribution in [0.5, 0.6) is 0 Å². The van der Waals surface area contributed by atoms with Crippen molar-refractivity contribution < 1.29 is 29.1 Å². The minimum atomic E-state index is -1.56. The molecule has 0 aromatic heterocycles. The summed E-state index contributed by atoms with van der Waals surface area (Å²) in [6, 6.07) is -1.50. The molecule has 0 saturated carbocycles. The highest BCUT2D eigenvalue weighted by Crippen LogP contribution is 2.01. The summed E-state index contributed by atoms with van der Waals surface area (Å²) in [6.07, 6.45) is 1.06. The molecule has 0 radical (unpaired) electrons. The van der Waals surface area contributed by atoms with Crippen LogP contribution in [0.2, 0.25) is 0 Å². The number of nitrogens with two attached hydrogens (primary N) is 1. The highest BCUT2D eigenvalue weighted by molar-refractivity contribution is 5.94. The minimum Gasteiger partial charge on any atom is -0.543 e. The zero-order chi connectivity index (χ0) is 13.5. The molecule has 0 aromatic carbocycles. The lowest BCUT2D eigenvalue weighted by atomic mass is 10.2. The average molecular weight is 232 g/mol. The van der Waals surface area contributed by atoms with Gasteiger partial charge >= 0.3 is 5.97 Å². The Labute approximate surface area is 93.4 Å². The Hall–Kier alpha value is -1.89. The van der Waals surface area contributed by atoms with E-state index in [1.165, 1.54) is 21.1 Å². The number of carbonyl (C=O) groups excluding carboxylic acids is 2. The fraction of sp³-hybridized carbons (Fsp3) is 0.444. The van der Waals surface area contributed by atoms with E-state index in [1.54, 1.807) is 0 Å². The lowest BCUT2D eigenvalue weighted by molar-refractivity contribution is -0.880. The molecule has 0 aliphatic rings. The maximum Gasteiger partial charge on any atom is 0.368 e. The van der Waals surface area contributed by atoms with Gasteiger partial charge < -0.3 is 25.2 Å². The van der Waals surface area contributed by atoms with Crippen LogP contribution in [0.1, 0.15) is 0 Å². The van der Waals surface area contributed by atoms with Crippen LogP contribution in [-0.2, 0) is 14.4 Å². The van der Waals surface area contributed by atoms with Crippen molar-refractivity contribution in [1.29, 1.82) is 0 Å². The summed E-state index contributed by atoms with van der Waals surface area (Å²) < 4.78 is -0.183. The van der Waals surface area contributed by atoms with Crippen molar-refractivity contribution in [2.24, 2.45) is 5.73 Å². The normalized spacial score (nSPS) is 11.7. The van der Waals surface area contributed by atoms with E-state index < -0.39 is 23.9 Å². The van der Waals surface area contributed by atoms with E-state index in [-0.39, 0.29) is 4.48 Å². The van der Waals surface area contributed by atoms with E-state index in [4.69, 9.17) is 5.11 Å². The molecule has 1 unspecified atom stereocenters. The maximum absolute atomic E-state index is 10.4. The first-order chi connectivity index (χ1) is 7.03. The number of carboxylic acid groups (broad SMARTS) is 2. The first-order valence-corrected chi connectivity index (χ1v) is 4.20. The third kappa shape index (κ3) is 7.51. The second-order valence-corrected chi connectivity index (χ2v) is 3.78. The quantitative estimate of drug-likeness (QED) is 0.317. The highest BCUT2D eigenvalue weighted by atomic mass is 16.4. The summed E-state index contributed by atoms with van der Waals surface area (Å²) in [6.45, 7) is 3.09. The number of hydrogen-bond acceptors (Lipinski definition) is 4. The van der Waals surface area contributed by atoms with Crippen molar-refractivity contribution in [2.75, 3.05) is 21.1 Å². The van der Waals surface area contributed by atoms with Crippen LogP contribution in [0.4, 0.5) is 0 Å². The Kier molecular flexibility index (Phi) is 6.79. The van der Waals surface area contributed by atoms with Gasteiger partial charge in [-0.1, -0.05) is 6.58 Å². The first kappa shape index (κ1) is 16.5. The predicted octanol–water partition coefficient (Wildman–Crippen LogP) is -2.45. The van der Waals surface area contributed by atoms with Crippen molar-refractivity contribution in [3.8, 4) is 0 Å². The summed E-state index contributed by atoms with van der Waals surface area (Å²) in [5.74, 6) is -3.42. The maximum atomic E-state index is 10.4. The summed E-state index contributed by atoms with van der Waals surface area (Å²) in [5.41, 5.74) is 4.53. The molecule has 0 bridgehead atoms. The lowest BCUT2D eigenvalue weighted by Crippen LogP contribution is -2.58. The van der Waals surface area contributed by atoms with E-state index in [1.807, 2.05) is 0 Å². The number of quaternary nitrogens is 1. The molecular formula is C9H16N2O5. The lowest BCUT2D eigenvalue weighted by Gasteiger charge is -2.31. The van der Waals surface area contributed by atoms with Crippen molar-refractivity contribution in [3.63, 3.8) is 0 Å². The Bertz CT molecular complexity index is 279. The van der Waals surface area contributed by atoms with Crippen molar-refractivity contribution in [1.82, 2.24) is 0 Å². The minimum absolute atomic E-state index is 0.183. The Morgan fingerprint density at radius 3 is 1.69 bits per heavy atom. The first-order valence-electron chi connectivity index (χ1n) is 4.20. The highest BCUT2D eigenvalue weighted by Gasteiger charge is 2.32. The number of aliphatic carboxylic acids is 2. The van der Waals surface area contributed by atoms with Gasteiger partial charge in [-0.15, -0.1) is 0 Å². The van der Waals surface area contributed by atoms with Crippen LogP contribution in [0.25, 0.3) is 0 Å². The van der Waals surface area contributed by atoms with Gasteiger partial charge in [-0.05, 0) is 6.08 Å². The van der Waals surface area contributed by atoms with Crippen LogP contribution in [0.3, 0.4) is 0 Å². The molecule has 0 aliphatic carbocycles. The topological polar surface area (TPSA) is 121 Å². The van der Waals surface area contributed by atoms with Gasteiger partial charge in [0.1, 0.15) is 5.97 Å². The van der Waals surface area contributed by atoms with Crippen molar-refractivity contribution >= 4 is 17.8 Å². The van der Waals surface area contributed by atoms with Crippen molar-refractivity contribution in [3.05, 3.63) is 12.7 Å². The summed E-state index contributed by atoms with van der Waals surface area (Å²) in [5, 5.41) is 18.7. The standard InChI is InChI=1S/C6H11NO4.C3H5NO/c1-7(2,3)4(5(8)9)6(10)11;1-2-3(4)5/h4H,1-3H3,(H-,8,9,10,11);2H,1H2,(H2,4,5). The fourth-order valence-corrected chi connectivity index (χ4v) is 0.748. The van der Waals surface area contributed by atoms with Gasteiger partial charge in [0.2, 0.25) is 11.9 Å². The van der Waals surface area contributed by atoms with Gasteiger partial charge in [-0.2, -0.15) is 0 Å². The van der Waals surface area contributed by atoms with E-state index in [0.717, 1.165) is 6.08 Å². The molecule has 0 fully saturated rings. The summed E-state index contributed by atoms with van der Waals surface area (Å²) in [7, 11) is 4.44. The molecule has 3 N–H and O–H groups in total. The van der Waals surface area contributed by atoms with Crippen LogP contribution in [0, 0.1) is 0 Å². The Morgan fingerprint density at radius 2 is 1.69 bits per heavy atom. The molecule has 0 saturated heterocycles. The molecule has 0 aromatic rings. The molecule has 1 amide bonds. The van der Waals surface area contributed by atoms with Gasteiger partial charge in [0.25, 0.3) is 0 Å². The average Bonchev–Trinajstić information content (AvgIpc) is 2.00. The number of nitrogens with zero attached hydrogens (tertiary/aromatic N) is 1. The molecule has 0 rings (SSSR count). The molecule has 7 heteroatoms.